The highest BCUT2D eigenvalue weighted by Gasteiger charge is 2.41. The van der Waals surface area contributed by atoms with Gasteiger partial charge >= 0.3 is 6.09 Å². The lowest BCUT2D eigenvalue weighted by Gasteiger charge is -2.27. The van der Waals surface area contributed by atoms with Crippen LogP contribution in [0.25, 0.3) is 10.9 Å². The zero-order valence-corrected chi connectivity index (χ0v) is 16.4. The number of Topliss-reactive ketones (excluding diaryl/α,β-unsaturated/α-hetero) is 1. The first-order valence-corrected chi connectivity index (χ1v) is 9.14. The highest BCUT2D eigenvalue weighted by molar-refractivity contribution is 6.11. The van der Waals surface area contributed by atoms with Crippen molar-refractivity contribution in [3.8, 4) is 0 Å². The molecule has 1 aromatic heterocycles. The van der Waals surface area contributed by atoms with Gasteiger partial charge in [-0.1, -0.05) is 13.8 Å². The number of amides is 1. The molecule has 1 fully saturated rings. The van der Waals surface area contributed by atoms with E-state index in [2.05, 4.69) is 4.98 Å². The number of ketones is 1. The fraction of sp³-hybridized carbons (Fsp3) is 0.500. The minimum atomic E-state index is -0.811. The zero-order chi connectivity index (χ0) is 20.4. The third-order valence-electron chi connectivity index (χ3n) is 4.12. The number of aliphatic hydroxyl groups is 1. The van der Waals surface area contributed by atoms with Crippen molar-refractivity contribution >= 4 is 22.8 Å². The van der Waals surface area contributed by atoms with E-state index in [9.17, 15) is 19.1 Å². The van der Waals surface area contributed by atoms with Gasteiger partial charge in [0.1, 0.15) is 17.5 Å². The molecule has 0 radical (unpaired) electrons. The van der Waals surface area contributed by atoms with Crippen molar-refractivity contribution in [2.75, 3.05) is 6.54 Å². The van der Waals surface area contributed by atoms with E-state index in [-0.39, 0.29) is 18.7 Å². The van der Waals surface area contributed by atoms with Gasteiger partial charge in [0.2, 0.25) is 0 Å². The topological polar surface area (TPSA) is 82.6 Å². The number of hydrogen-bond donors (Lipinski definition) is 2. The number of nitrogens with zero attached hydrogens (tertiary/aromatic N) is 1. The number of aliphatic hydroxyl groups excluding tert-OH is 1. The Kier molecular flexibility index (Phi) is 6.26. The molecule has 6 nitrogen and oxygen atoms in total. The third kappa shape index (κ3) is 4.66. The molecule has 2 aromatic rings. The number of aromatic nitrogens is 1. The van der Waals surface area contributed by atoms with Crippen LogP contribution in [0.5, 0.6) is 0 Å². The Morgan fingerprint density at radius 3 is 2.59 bits per heavy atom. The zero-order valence-electron chi connectivity index (χ0n) is 16.4. The van der Waals surface area contributed by atoms with E-state index < -0.39 is 29.7 Å². The monoisotopic (exact) mass is 378 g/mol. The van der Waals surface area contributed by atoms with Crippen molar-refractivity contribution in [1.29, 1.82) is 0 Å². The fourth-order valence-corrected chi connectivity index (χ4v) is 3.07. The van der Waals surface area contributed by atoms with Crippen molar-refractivity contribution in [3.63, 3.8) is 0 Å². The molecule has 1 saturated heterocycles. The maximum absolute atomic E-state index is 13.3. The summed E-state index contributed by atoms with van der Waals surface area (Å²) < 4.78 is 18.7. The van der Waals surface area contributed by atoms with Gasteiger partial charge in [-0.05, 0) is 39.0 Å². The second-order valence-corrected chi connectivity index (χ2v) is 7.29. The van der Waals surface area contributed by atoms with Gasteiger partial charge in [0.15, 0.2) is 5.78 Å². The number of fused-ring (bicyclic) bond motifs is 1. The van der Waals surface area contributed by atoms with Crippen molar-refractivity contribution in [3.05, 3.63) is 35.8 Å². The minimum Gasteiger partial charge on any atom is -0.444 e. The number of ether oxygens (including phenoxy) is 1. The molecule has 0 aliphatic carbocycles. The molecule has 1 aliphatic rings. The second kappa shape index (κ2) is 8.08. The number of H-pyrrole nitrogens is 1. The first-order chi connectivity index (χ1) is 12.7. The van der Waals surface area contributed by atoms with Gasteiger partial charge in [-0.25, -0.2) is 9.18 Å². The number of rotatable bonds is 2. The molecule has 2 heterocycles. The van der Waals surface area contributed by atoms with E-state index in [1.54, 1.807) is 20.8 Å². The first kappa shape index (κ1) is 20.9. The molecule has 0 spiro atoms. The molecule has 0 saturated carbocycles. The summed E-state index contributed by atoms with van der Waals surface area (Å²) >= 11 is 0. The molecule has 148 valence electrons. The smallest absolute Gasteiger partial charge is 0.411 e. The van der Waals surface area contributed by atoms with Gasteiger partial charge < -0.3 is 14.8 Å². The molecule has 7 heteroatoms. The Morgan fingerprint density at radius 1 is 1.30 bits per heavy atom. The van der Waals surface area contributed by atoms with Crippen LogP contribution in [0, 0.1) is 5.82 Å². The summed E-state index contributed by atoms with van der Waals surface area (Å²) in [5.74, 6) is -0.708. The molecule has 27 heavy (non-hydrogen) atoms. The molecule has 3 rings (SSSR count). The Balaban J connectivity index is 0.00000126. The van der Waals surface area contributed by atoms with E-state index in [0.29, 0.717) is 16.5 Å². The number of β-amino-alcohol motifs (C(OH)–C–C–N with tert-alkyl or cyclic N) is 1. The van der Waals surface area contributed by atoms with Crippen molar-refractivity contribution in [2.45, 2.75) is 58.8 Å². The van der Waals surface area contributed by atoms with E-state index >= 15 is 0 Å². The summed E-state index contributed by atoms with van der Waals surface area (Å²) in [5.41, 5.74) is 0.171. The number of carbonyl (C=O) groups excluding carboxylic acids is 2. The normalized spacial score (nSPS) is 19.6. The van der Waals surface area contributed by atoms with Gasteiger partial charge in [0.25, 0.3) is 0 Å². The molecule has 2 N–H and O–H groups in total. The Labute approximate surface area is 158 Å². The number of hydrogen-bond acceptors (Lipinski definition) is 4. The minimum absolute atomic E-state index is 0.0440. The van der Waals surface area contributed by atoms with Crippen LogP contribution >= 0.6 is 0 Å². The lowest BCUT2D eigenvalue weighted by molar-refractivity contribution is 0.0206. The fourth-order valence-electron chi connectivity index (χ4n) is 3.07. The average molecular weight is 378 g/mol. The largest absolute Gasteiger partial charge is 0.444 e. The lowest BCUT2D eigenvalue weighted by Crippen LogP contribution is -2.43. The molecule has 0 bridgehead atoms. The number of aromatic amines is 1. The first-order valence-electron chi connectivity index (χ1n) is 9.14. The van der Waals surface area contributed by atoms with Crippen LogP contribution in [0.3, 0.4) is 0 Å². The molecule has 1 aromatic carbocycles. The van der Waals surface area contributed by atoms with E-state index in [1.165, 1.54) is 29.3 Å². The quantitative estimate of drug-likeness (QED) is 0.777. The molecule has 1 amide bonds. The number of halogens is 1. The van der Waals surface area contributed by atoms with Gasteiger partial charge in [0.05, 0.1) is 12.6 Å². The molecule has 2 unspecified atom stereocenters. The van der Waals surface area contributed by atoms with Crippen molar-refractivity contribution in [2.24, 2.45) is 0 Å². The maximum atomic E-state index is 13.3. The maximum Gasteiger partial charge on any atom is 0.411 e. The summed E-state index contributed by atoms with van der Waals surface area (Å²) in [7, 11) is 0. The number of carbonyl (C=O) groups is 2. The number of benzene rings is 1. The van der Waals surface area contributed by atoms with Crippen LogP contribution in [0.1, 0.15) is 51.4 Å². The van der Waals surface area contributed by atoms with Gasteiger partial charge in [-0.15, -0.1) is 0 Å². The molecule has 2 atom stereocenters. The Hall–Kier alpha value is -2.41. The Bertz CT molecular complexity index is 825. The van der Waals surface area contributed by atoms with Gasteiger partial charge in [-0.2, -0.15) is 0 Å². The molecule has 1 aliphatic heterocycles. The molecular formula is C20H27FN2O4. The standard InChI is InChI=1S/C18H21FN2O4.C2H6/c1-18(2,3)25-17(24)21-9-11(22)7-15(21)16(23)13-8-20-14-6-10(19)4-5-12(13)14;1-2/h4-6,8,11,15,20,22H,7,9H2,1-3H3;1-2H3. The van der Waals surface area contributed by atoms with Crippen molar-refractivity contribution in [1.82, 2.24) is 9.88 Å². The van der Waals surface area contributed by atoms with Gasteiger partial charge in [0, 0.05) is 29.1 Å². The van der Waals surface area contributed by atoms with Crippen LogP contribution in [0.15, 0.2) is 24.4 Å². The number of likely N-dealkylation sites (tertiary alicyclic amines) is 1. The highest BCUT2D eigenvalue weighted by atomic mass is 19.1. The molecular weight excluding hydrogens is 351 g/mol. The lowest BCUT2D eigenvalue weighted by atomic mass is 10.0. The van der Waals surface area contributed by atoms with Crippen LogP contribution in [0.4, 0.5) is 9.18 Å². The number of nitrogens with one attached hydrogen (secondary N) is 1. The Morgan fingerprint density at radius 2 is 1.96 bits per heavy atom. The SMILES string of the molecule is CC.CC(C)(C)OC(=O)N1CC(O)CC1C(=O)c1c[nH]c2cc(F)ccc12. The third-order valence-corrected chi connectivity index (χ3v) is 4.12. The van der Waals surface area contributed by atoms with Crippen LogP contribution in [-0.4, -0.2) is 51.2 Å². The van der Waals surface area contributed by atoms with Crippen LogP contribution in [-0.2, 0) is 4.74 Å². The van der Waals surface area contributed by atoms with Crippen LogP contribution < -0.4 is 0 Å². The predicted molar refractivity (Wildman–Crippen MR) is 101 cm³/mol. The average Bonchev–Trinajstić information content (AvgIpc) is 3.17. The van der Waals surface area contributed by atoms with Gasteiger partial charge in [-0.3, -0.25) is 9.69 Å². The summed E-state index contributed by atoms with van der Waals surface area (Å²) in [6.07, 6.45) is 0.230. The summed E-state index contributed by atoms with van der Waals surface area (Å²) in [6, 6.07) is 3.30. The van der Waals surface area contributed by atoms with Crippen molar-refractivity contribution < 1.29 is 23.8 Å². The highest BCUT2D eigenvalue weighted by Crippen LogP contribution is 2.27. The second-order valence-electron chi connectivity index (χ2n) is 7.29. The van der Waals surface area contributed by atoms with E-state index in [4.69, 9.17) is 4.74 Å². The van der Waals surface area contributed by atoms with Crippen LogP contribution in [0.2, 0.25) is 0 Å². The predicted octanol–water partition coefficient (Wildman–Crippen LogP) is 3.89. The summed E-state index contributed by atoms with van der Waals surface area (Å²) in [5, 5.41) is 10.5. The summed E-state index contributed by atoms with van der Waals surface area (Å²) in [4.78, 5) is 29.5. The van der Waals surface area contributed by atoms with E-state index in [0.717, 1.165) is 0 Å². The van der Waals surface area contributed by atoms with E-state index in [1.807, 2.05) is 13.8 Å². The summed E-state index contributed by atoms with van der Waals surface area (Å²) in [6.45, 7) is 9.26.